The van der Waals surface area contributed by atoms with E-state index in [2.05, 4.69) is 5.32 Å². The number of nitrogens with one attached hydrogen (secondary N) is 1. The zero-order chi connectivity index (χ0) is 19.8. The summed E-state index contributed by atoms with van der Waals surface area (Å²) in [7, 11) is 0. The Labute approximate surface area is 168 Å². The summed E-state index contributed by atoms with van der Waals surface area (Å²) in [5.41, 5.74) is 3.29. The fourth-order valence-electron chi connectivity index (χ4n) is 4.09. The molecule has 0 unspecified atom stereocenters. The number of carbonyl (C=O) groups excluding carboxylic acids is 2. The second-order valence-electron chi connectivity index (χ2n) is 7.43. The molecule has 2 aliphatic heterocycles. The Balaban J connectivity index is 1.31. The first kappa shape index (κ1) is 17.7. The van der Waals surface area contributed by atoms with Gasteiger partial charge in [-0.3, -0.25) is 14.6 Å². The molecule has 0 aromatic heterocycles. The fraction of sp³-hybridized carbons (Fsp3) is 0.318. The van der Waals surface area contributed by atoms with Crippen LogP contribution in [0.2, 0.25) is 0 Å². The molecule has 1 fully saturated rings. The summed E-state index contributed by atoms with van der Waals surface area (Å²) in [6.45, 7) is 0.539. The molecule has 0 bridgehead atoms. The Morgan fingerprint density at radius 3 is 2.97 bits per heavy atom. The zero-order valence-corrected chi connectivity index (χ0v) is 15.9. The van der Waals surface area contributed by atoms with E-state index >= 15 is 0 Å². The first-order chi connectivity index (χ1) is 14.2. The topological polar surface area (TPSA) is 80.2 Å². The van der Waals surface area contributed by atoms with Crippen molar-refractivity contribution in [3.05, 3.63) is 48.0 Å². The van der Waals surface area contributed by atoms with Crippen LogP contribution in [0.3, 0.4) is 0 Å². The molecule has 5 rings (SSSR count). The number of para-hydroxylation sites is 2. The third kappa shape index (κ3) is 3.33. The number of hydrogen-bond acceptors (Lipinski definition) is 5. The van der Waals surface area contributed by atoms with Crippen LogP contribution in [0.25, 0.3) is 0 Å². The molecule has 7 heteroatoms. The molecule has 1 aliphatic carbocycles. The van der Waals surface area contributed by atoms with Gasteiger partial charge in [0.15, 0.2) is 11.5 Å². The second kappa shape index (κ2) is 7.24. The second-order valence-corrected chi connectivity index (χ2v) is 7.43. The number of carbonyl (C=O) groups is 2. The summed E-state index contributed by atoms with van der Waals surface area (Å²) in [6, 6.07) is 13.1. The Hall–Kier alpha value is -3.35. The molecule has 2 aromatic carbocycles. The molecule has 1 atom stereocenters. The van der Waals surface area contributed by atoms with Crippen LogP contribution in [-0.2, 0) is 16.1 Å². The highest BCUT2D eigenvalue weighted by Crippen LogP contribution is 2.37. The predicted molar refractivity (Wildman–Crippen MR) is 108 cm³/mol. The lowest BCUT2D eigenvalue weighted by Gasteiger charge is -2.24. The first-order valence-electron chi connectivity index (χ1n) is 9.82. The molecule has 7 nitrogen and oxygen atoms in total. The van der Waals surface area contributed by atoms with Crippen LogP contribution in [0.15, 0.2) is 47.5 Å². The van der Waals surface area contributed by atoms with E-state index in [1.165, 1.54) is 0 Å². The molecule has 148 valence electrons. The lowest BCUT2D eigenvalue weighted by molar-refractivity contribution is -0.124. The SMILES string of the molecule is O=C(CN1C(=O)[C@@H]2CCCC2=Nc2ccccc21)NCc1ccc2c(c1)OCO2. The van der Waals surface area contributed by atoms with Gasteiger partial charge in [0.1, 0.15) is 6.54 Å². The number of aliphatic imine (C=N–C) groups is 1. The molecule has 2 heterocycles. The maximum Gasteiger partial charge on any atom is 0.240 e. The zero-order valence-electron chi connectivity index (χ0n) is 15.9. The maximum absolute atomic E-state index is 13.2. The van der Waals surface area contributed by atoms with Gasteiger partial charge in [0.2, 0.25) is 18.6 Å². The molecule has 1 N–H and O–H groups in total. The number of rotatable bonds is 4. The van der Waals surface area contributed by atoms with Crippen molar-refractivity contribution in [3.8, 4) is 11.5 Å². The van der Waals surface area contributed by atoms with E-state index in [1.807, 2.05) is 42.5 Å². The number of hydrogen-bond donors (Lipinski definition) is 1. The summed E-state index contributed by atoms with van der Waals surface area (Å²) in [5.74, 6) is 0.916. The van der Waals surface area contributed by atoms with Crippen molar-refractivity contribution in [1.29, 1.82) is 0 Å². The minimum absolute atomic E-state index is 0.0281. The number of fused-ring (bicyclic) bond motifs is 3. The van der Waals surface area contributed by atoms with Crippen molar-refractivity contribution in [2.75, 3.05) is 18.2 Å². The summed E-state index contributed by atoms with van der Waals surface area (Å²) >= 11 is 0. The highest BCUT2D eigenvalue weighted by molar-refractivity contribution is 6.16. The first-order valence-corrected chi connectivity index (χ1v) is 9.82. The van der Waals surface area contributed by atoms with E-state index in [0.29, 0.717) is 23.7 Å². The van der Waals surface area contributed by atoms with Crippen LogP contribution in [-0.4, -0.2) is 30.9 Å². The molecule has 3 aliphatic rings. The lowest BCUT2D eigenvalue weighted by atomic mass is 10.1. The van der Waals surface area contributed by atoms with Crippen molar-refractivity contribution in [1.82, 2.24) is 5.32 Å². The van der Waals surface area contributed by atoms with E-state index in [0.717, 1.165) is 36.2 Å². The smallest absolute Gasteiger partial charge is 0.240 e. The largest absolute Gasteiger partial charge is 0.454 e. The molecule has 2 aromatic rings. The molecule has 2 amide bonds. The molecular weight excluding hydrogens is 370 g/mol. The predicted octanol–water partition coefficient (Wildman–Crippen LogP) is 2.95. The van der Waals surface area contributed by atoms with Crippen LogP contribution in [0, 0.1) is 5.92 Å². The van der Waals surface area contributed by atoms with E-state index in [9.17, 15) is 9.59 Å². The number of benzene rings is 2. The third-order valence-electron chi connectivity index (χ3n) is 5.56. The van der Waals surface area contributed by atoms with Crippen LogP contribution in [0.5, 0.6) is 11.5 Å². The van der Waals surface area contributed by atoms with Gasteiger partial charge in [0.25, 0.3) is 0 Å². The summed E-state index contributed by atoms with van der Waals surface area (Å²) in [4.78, 5) is 32.2. The third-order valence-corrected chi connectivity index (χ3v) is 5.56. The van der Waals surface area contributed by atoms with Gasteiger partial charge in [0.05, 0.1) is 17.3 Å². The number of nitrogens with zero attached hydrogens (tertiary/aromatic N) is 2. The minimum Gasteiger partial charge on any atom is -0.454 e. The lowest BCUT2D eigenvalue weighted by Crippen LogP contribution is -2.43. The van der Waals surface area contributed by atoms with Crippen molar-refractivity contribution in [2.45, 2.75) is 25.8 Å². The van der Waals surface area contributed by atoms with Gasteiger partial charge in [-0.25, -0.2) is 0 Å². The average molecular weight is 391 g/mol. The summed E-state index contributed by atoms with van der Waals surface area (Å²) in [5, 5.41) is 2.90. The van der Waals surface area contributed by atoms with Crippen LogP contribution in [0.1, 0.15) is 24.8 Å². The summed E-state index contributed by atoms with van der Waals surface area (Å²) < 4.78 is 10.7. The van der Waals surface area contributed by atoms with Crippen LogP contribution in [0.4, 0.5) is 11.4 Å². The van der Waals surface area contributed by atoms with Crippen molar-refractivity contribution in [3.63, 3.8) is 0 Å². The van der Waals surface area contributed by atoms with Gasteiger partial charge in [-0.2, -0.15) is 0 Å². The van der Waals surface area contributed by atoms with Crippen LogP contribution >= 0.6 is 0 Å². The standard InChI is InChI=1S/C22H21N3O4/c26-21(23-11-14-8-9-19-20(10-14)29-13-28-19)12-25-18-7-2-1-5-17(18)24-16-6-3-4-15(16)22(25)27/h1-2,5,7-10,15H,3-4,6,11-13H2,(H,23,26)/t15-/m1/s1. The van der Waals surface area contributed by atoms with Crippen LogP contribution < -0.4 is 19.7 Å². The molecule has 29 heavy (non-hydrogen) atoms. The molecule has 0 saturated heterocycles. The Morgan fingerprint density at radius 1 is 1.17 bits per heavy atom. The van der Waals surface area contributed by atoms with Crippen molar-refractivity contribution < 1.29 is 19.1 Å². The normalized spacial score (nSPS) is 19.3. The molecule has 0 spiro atoms. The van der Waals surface area contributed by atoms with E-state index in [1.54, 1.807) is 4.90 Å². The van der Waals surface area contributed by atoms with Gasteiger partial charge in [-0.1, -0.05) is 18.2 Å². The Kier molecular flexibility index (Phi) is 4.42. The van der Waals surface area contributed by atoms with E-state index in [4.69, 9.17) is 14.5 Å². The Morgan fingerprint density at radius 2 is 2.03 bits per heavy atom. The van der Waals surface area contributed by atoms with Gasteiger partial charge in [0, 0.05) is 12.3 Å². The van der Waals surface area contributed by atoms with E-state index < -0.39 is 0 Å². The minimum atomic E-state index is -0.218. The van der Waals surface area contributed by atoms with Crippen molar-refractivity contribution >= 4 is 28.9 Å². The Bertz CT molecular complexity index is 1020. The maximum atomic E-state index is 13.2. The number of amides is 2. The fourth-order valence-corrected chi connectivity index (χ4v) is 4.09. The molecular formula is C22H21N3O4. The van der Waals surface area contributed by atoms with Gasteiger partial charge in [-0.05, 0) is 49.1 Å². The molecule has 0 radical (unpaired) electrons. The van der Waals surface area contributed by atoms with Gasteiger partial charge in [-0.15, -0.1) is 0 Å². The molecule has 1 saturated carbocycles. The highest BCUT2D eigenvalue weighted by atomic mass is 16.7. The average Bonchev–Trinajstić information content (AvgIpc) is 3.37. The van der Waals surface area contributed by atoms with Gasteiger partial charge >= 0.3 is 0 Å². The van der Waals surface area contributed by atoms with Gasteiger partial charge < -0.3 is 19.7 Å². The highest BCUT2D eigenvalue weighted by Gasteiger charge is 2.37. The monoisotopic (exact) mass is 391 g/mol. The quantitative estimate of drug-likeness (QED) is 0.869. The van der Waals surface area contributed by atoms with Crippen molar-refractivity contribution in [2.24, 2.45) is 10.9 Å². The summed E-state index contributed by atoms with van der Waals surface area (Å²) in [6.07, 6.45) is 2.59. The number of anilines is 1. The number of ether oxygens (including phenoxy) is 2. The van der Waals surface area contributed by atoms with E-state index in [-0.39, 0.29) is 31.1 Å².